The third kappa shape index (κ3) is 3.55. The molecule has 122 valence electrons. The van der Waals surface area contributed by atoms with E-state index in [4.69, 9.17) is 9.52 Å². The maximum atomic E-state index is 12.1. The van der Waals surface area contributed by atoms with Gasteiger partial charge in [0.15, 0.2) is 0 Å². The van der Waals surface area contributed by atoms with E-state index in [9.17, 15) is 9.59 Å². The van der Waals surface area contributed by atoms with Crippen molar-refractivity contribution in [3.8, 4) is 0 Å². The fourth-order valence-corrected chi connectivity index (χ4v) is 3.18. The number of hydrogen-bond acceptors (Lipinski definition) is 3. The fraction of sp³-hybridized carbons (Fsp3) is 0.444. The minimum atomic E-state index is -0.846. The Kier molecular flexibility index (Phi) is 4.37. The van der Waals surface area contributed by atoms with Crippen molar-refractivity contribution in [1.29, 1.82) is 0 Å². The number of aliphatic carboxylic acids is 1. The van der Waals surface area contributed by atoms with Crippen LogP contribution in [0.5, 0.6) is 0 Å². The molecule has 1 amide bonds. The Bertz CT molecular complexity index is 747. The lowest BCUT2D eigenvalue weighted by Crippen LogP contribution is -2.30. The van der Waals surface area contributed by atoms with Gasteiger partial charge in [0.25, 0.3) is 0 Å². The van der Waals surface area contributed by atoms with Crippen molar-refractivity contribution in [3.05, 3.63) is 35.1 Å². The van der Waals surface area contributed by atoms with Gasteiger partial charge in [-0.2, -0.15) is 0 Å². The minimum absolute atomic E-state index is 0.0566. The number of hydrogen-bond donors (Lipinski definition) is 2. The second kappa shape index (κ2) is 6.44. The van der Waals surface area contributed by atoms with Crippen molar-refractivity contribution < 1.29 is 19.1 Å². The van der Waals surface area contributed by atoms with Crippen LogP contribution in [0.1, 0.15) is 36.5 Å². The van der Waals surface area contributed by atoms with Gasteiger partial charge in [0.2, 0.25) is 5.91 Å². The lowest BCUT2D eigenvalue weighted by Gasteiger charge is -2.10. The van der Waals surface area contributed by atoms with Crippen LogP contribution in [0.25, 0.3) is 11.0 Å². The van der Waals surface area contributed by atoms with Gasteiger partial charge in [0.05, 0.1) is 12.7 Å². The summed E-state index contributed by atoms with van der Waals surface area (Å²) < 4.78 is 5.60. The molecular weight excluding hydrogens is 294 g/mol. The molecule has 5 heteroatoms. The third-order valence-electron chi connectivity index (χ3n) is 4.39. The SMILES string of the molecule is CC(CNC(=O)Cc1coc2cc3c(cc12)CCC3)CC(=O)O. The summed E-state index contributed by atoms with van der Waals surface area (Å²) in [6.07, 6.45) is 5.34. The largest absolute Gasteiger partial charge is 0.481 e. The van der Waals surface area contributed by atoms with Crippen LogP contribution >= 0.6 is 0 Å². The number of amides is 1. The van der Waals surface area contributed by atoms with Crippen molar-refractivity contribution in [2.24, 2.45) is 5.92 Å². The molecule has 0 saturated carbocycles. The Morgan fingerprint density at radius 1 is 1.30 bits per heavy atom. The average molecular weight is 315 g/mol. The lowest BCUT2D eigenvalue weighted by atomic mass is 10.0. The summed E-state index contributed by atoms with van der Waals surface area (Å²) in [5, 5.41) is 12.5. The predicted molar refractivity (Wildman–Crippen MR) is 86.4 cm³/mol. The van der Waals surface area contributed by atoms with Crippen molar-refractivity contribution in [2.75, 3.05) is 6.54 Å². The number of carboxylic acid groups (broad SMARTS) is 1. The number of fused-ring (bicyclic) bond motifs is 2. The summed E-state index contributed by atoms with van der Waals surface area (Å²) in [6, 6.07) is 4.24. The molecule has 0 radical (unpaired) electrons. The van der Waals surface area contributed by atoms with Gasteiger partial charge in [-0.25, -0.2) is 0 Å². The van der Waals surface area contributed by atoms with E-state index in [1.807, 2.05) is 6.92 Å². The molecule has 1 aromatic heterocycles. The first-order valence-corrected chi connectivity index (χ1v) is 8.03. The highest BCUT2D eigenvalue weighted by atomic mass is 16.4. The van der Waals surface area contributed by atoms with Gasteiger partial charge in [-0.3, -0.25) is 9.59 Å². The van der Waals surface area contributed by atoms with Gasteiger partial charge in [-0.15, -0.1) is 0 Å². The summed E-state index contributed by atoms with van der Waals surface area (Å²) >= 11 is 0. The zero-order valence-electron chi connectivity index (χ0n) is 13.2. The molecule has 1 unspecified atom stereocenters. The maximum Gasteiger partial charge on any atom is 0.303 e. The molecule has 1 aromatic carbocycles. The first kappa shape index (κ1) is 15.6. The Hall–Kier alpha value is -2.30. The number of rotatable bonds is 6. The molecule has 0 saturated heterocycles. The Morgan fingerprint density at radius 3 is 2.78 bits per heavy atom. The summed E-state index contributed by atoms with van der Waals surface area (Å²) in [6.45, 7) is 2.18. The van der Waals surface area contributed by atoms with Crippen molar-refractivity contribution in [2.45, 2.75) is 39.0 Å². The molecule has 0 spiro atoms. The van der Waals surface area contributed by atoms with Crippen LogP contribution < -0.4 is 5.32 Å². The number of nitrogens with one attached hydrogen (secondary N) is 1. The van der Waals surface area contributed by atoms with E-state index >= 15 is 0 Å². The quantitative estimate of drug-likeness (QED) is 0.859. The molecule has 1 heterocycles. The van der Waals surface area contributed by atoms with Crippen molar-refractivity contribution >= 4 is 22.8 Å². The van der Waals surface area contributed by atoms with Crippen LogP contribution in [0.4, 0.5) is 0 Å². The topological polar surface area (TPSA) is 79.5 Å². The van der Waals surface area contributed by atoms with Crippen LogP contribution in [0.2, 0.25) is 0 Å². The third-order valence-corrected chi connectivity index (χ3v) is 4.39. The van der Waals surface area contributed by atoms with E-state index in [1.165, 1.54) is 17.5 Å². The molecule has 1 aliphatic rings. The van der Waals surface area contributed by atoms with E-state index in [2.05, 4.69) is 17.4 Å². The number of benzene rings is 1. The number of carbonyl (C=O) groups is 2. The minimum Gasteiger partial charge on any atom is -0.481 e. The van der Waals surface area contributed by atoms with Crippen molar-refractivity contribution in [3.63, 3.8) is 0 Å². The number of carbonyl (C=O) groups excluding carboxylic acids is 1. The van der Waals surface area contributed by atoms with Crippen LogP contribution in [-0.2, 0) is 28.9 Å². The predicted octanol–water partition coefficient (Wildman–Crippen LogP) is 2.69. The zero-order chi connectivity index (χ0) is 16.4. The van der Waals surface area contributed by atoms with Gasteiger partial charge < -0.3 is 14.8 Å². The summed E-state index contributed by atoms with van der Waals surface area (Å²) in [5.74, 6) is -1.03. The Labute approximate surface area is 134 Å². The van der Waals surface area contributed by atoms with Crippen molar-refractivity contribution in [1.82, 2.24) is 5.32 Å². The van der Waals surface area contributed by atoms with Crippen LogP contribution in [-0.4, -0.2) is 23.5 Å². The van der Waals surface area contributed by atoms with Gasteiger partial charge in [-0.05, 0) is 48.4 Å². The first-order valence-electron chi connectivity index (χ1n) is 8.03. The Balaban J connectivity index is 1.65. The van der Waals surface area contributed by atoms with E-state index in [0.717, 1.165) is 29.4 Å². The standard InChI is InChI=1S/C18H21NO4/c1-11(5-18(21)22)9-19-17(20)8-14-10-23-16-7-13-4-2-3-12(13)6-15(14)16/h6-7,10-11H,2-5,8-9H2,1H3,(H,19,20)(H,21,22). The highest BCUT2D eigenvalue weighted by Gasteiger charge is 2.17. The average Bonchev–Trinajstić information content (AvgIpc) is 3.09. The van der Waals surface area contributed by atoms with E-state index in [1.54, 1.807) is 6.26 Å². The summed E-state index contributed by atoms with van der Waals surface area (Å²) in [5.41, 5.74) is 4.44. The highest BCUT2D eigenvalue weighted by Crippen LogP contribution is 2.30. The second-order valence-electron chi connectivity index (χ2n) is 6.42. The molecule has 1 aliphatic carbocycles. The first-order chi connectivity index (χ1) is 11.0. The number of furan rings is 1. The molecule has 3 rings (SSSR count). The Morgan fingerprint density at radius 2 is 2.04 bits per heavy atom. The zero-order valence-corrected chi connectivity index (χ0v) is 13.2. The number of aryl methyl sites for hydroxylation is 2. The van der Waals surface area contributed by atoms with E-state index in [0.29, 0.717) is 6.54 Å². The molecule has 2 N–H and O–H groups in total. The van der Waals surface area contributed by atoms with Gasteiger partial charge in [-0.1, -0.05) is 6.92 Å². The summed E-state index contributed by atoms with van der Waals surface area (Å²) in [7, 11) is 0. The maximum absolute atomic E-state index is 12.1. The molecule has 0 fully saturated rings. The van der Waals surface area contributed by atoms with E-state index < -0.39 is 5.97 Å². The normalized spacial score (nSPS) is 14.7. The molecule has 1 atom stereocenters. The molecule has 0 bridgehead atoms. The van der Waals surface area contributed by atoms with E-state index in [-0.39, 0.29) is 24.7 Å². The summed E-state index contributed by atoms with van der Waals surface area (Å²) in [4.78, 5) is 22.7. The monoisotopic (exact) mass is 315 g/mol. The molecule has 0 aliphatic heterocycles. The molecular formula is C18H21NO4. The van der Waals surface area contributed by atoms with Crippen LogP contribution in [0, 0.1) is 5.92 Å². The highest BCUT2D eigenvalue weighted by molar-refractivity contribution is 5.88. The molecule has 23 heavy (non-hydrogen) atoms. The molecule has 5 nitrogen and oxygen atoms in total. The van der Waals surface area contributed by atoms with Gasteiger partial charge in [0, 0.05) is 23.9 Å². The van der Waals surface area contributed by atoms with Gasteiger partial charge >= 0.3 is 5.97 Å². The van der Waals surface area contributed by atoms with Gasteiger partial charge in [0.1, 0.15) is 5.58 Å². The smallest absolute Gasteiger partial charge is 0.303 e. The molecule has 2 aromatic rings. The van der Waals surface area contributed by atoms with Crippen LogP contribution in [0.3, 0.4) is 0 Å². The number of carboxylic acids is 1. The fourth-order valence-electron chi connectivity index (χ4n) is 3.18. The lowest BCUT2D eigenvalue weighted by molar-refractivity contribution is -0.138. The second-order valence-corrected chi connectivity index (χ2v) is 6.42. The van der Waals surface area contributed by atoms with Crippen LogP contribution in [0.15, 0.2) is 22.8 Å².